The fraction of sp³-hybridized carbons (Fsp3) is 0.136. The van der Waals surface area contributed by atoms with E-state index in [1.807, 2.05) is 44.2 Å². The smallest absolute Gasteiger partial charge is 0.257 e. The Kier molecular flexibility index (Phi) is 6.57. The highest BCUT2D eigenvalue weighted by Crippen LogP contribution is 2.19. The van der Waals surface area contributed by atoms with Crippen molar-refractivity contribution >= 4 is 29.2 Å². The number of aryl methyl sites for hydroxylation is 2. The summed E-state index contributed by atoms with van der Waals surface area (Å²) in [7, 11) is 0. The van der Waals surface area contributed by atoms with E-state index in [-0.39, 0.29) is 23.4 Å². The van der Waals surface area contributed by atoms with Crippen LogP contribution in [0.1, 0.15) is 27.2 Å². The van der Waals surface area contributed by atoms with Crippen LogP contribution in [0.4, 0.5) is 10.1 Å². The maximum atomic E-state index is 13.4. The lowest BCUT2D eigenvalue weighted by atomic mass is 10.1. The first-order chi connectivity index (χ1) is 13.9. The van der Waals surface area contributed by atoms with E-state index in [4.69, 9.17) is 11.6 Å². The second kappa shape index (κ2) is 9.30. The van der Waals surface area contributed by atoms with Crippen molar-refractivity contribution in [1.29, 1.82) is 0 Å². The summed E-state index contributed by atoms with van der Waals surface area (Å²) < 4.78 is 13.4. The van der Waals surface area contributed by atoms with Gasteiger partial charge < -0.3 is 5.32 Å². The van der Waals surface area contributed by atoms with E-state index in [1.54, 1.807) is 12.3 Å². The summed E-state index contributed by atoms with van der Waals surface area (Å²) in [5.74, 6) is -0.626. The molecule has 0 aliphatic rings. The van der Waals surface area contributed by atoms with E-state index in [2.05, 4.69) is 20.6 Å². The molecule has 2 aromatic carbocycles. The number of pyridine rings is 1. The van der Waals surface area contributed by atoms with Crippen molar-refractivity contribution in [3.05, 3.63) is 94.0 Å². The Labute approximate surface area is 173 Å². The van der Waals surface area contributed by atoms with Crippen molar-refractivity contribution in [3.63, 3.8) is 0 Å². The molecule has 148 valence electrons. The molecular formula is C22H20ClFN4O. The van der Waals surface area contributed by atoms with Crippen LogP contribution < -0.4 is 10.6 Å². The summed E-state index contributed by atoms with van der Waals surface area (Å²) in [5, 5.41) is 5.72. The van der Waals surface area contributed by atoms with Gasteiger partial charge in [0.25, 0.3) is 5.91 Å². The van der Waals surface area contributed by atoms with E-state index < -0.39 is 5.82 Å². The Morgan fingerprint density at radius 3 is 2.62 bits per heavy atom. The van der Waals surface area contributed by atoms with Crippen molar-refractivity contribution in [1.82, 2.24) is 10.3 Å². The van der Waals surface area contributed by atoms with E-state index in [0.29, 0.717) is 11.3 Å². The first-order valence-electron chi connectivity index (χ1n) is 8.97. The molecule has 0 fully saturated rings. The highest BCUT2D eigenvalue weighted by molar-refractivity contribution is 6.31. The number of hydrogen-bond acceptors (Lipinski definition) is 3. The van der Waals surface area contributed by atoms with Crippen molar-refractivity contribution in [2.75, 3.05) is 5.32 Å². The monoisotopic (exact) mass is 410 g/mol. The number of carbonyl (C=O) groups is 1. The fourth-order valence-corrected chi connectivity index (χ4v) is 2.72. The lowest BCUT2D eigenvalue weighted by molar-refractivity contribution is 0.0977. The van der Waals surface area contributed by atoms with Crippen LogP contribution in [0.25, 0.3) is 0 Å². The Hall–Kier alpha value is -3.25. The topological polar surface area (TPSA) is 66.4 Å². The summed E-state index contributed by atoms with van der Waals surface area (Å²) >= 11 is 5.85. The number of anilines is 1. The van der Waals surface area contributed by atoms with Crippen LogP contribution in [0.2, 0.25) is 5.02 Å². The van der Waals surface area contributed by atoms with Gasteiger partial charge in [-0.1, -0.05) is 23.7 Å². The van der Waals surface area contributed by atoms with Gasteiger partial charge in [0.1, 0.15) is 5.82 Å². The fourth-order valence-electron chi connectivity index (χ4n) is 2.53. The zero-order chi connectivity index (χ0) is 20.8. The molecule has 5 nitrogen and oxygen atoms in total. The number of benzene rings is 2. The number of guanidine groups is 1. The first kappa shape index (κ1) is 20.5. The van der Waals surface area contributed by atoms with Gasteiger partial charge in [-0.3, -0.25) is 15.1 Å². The van der Waals surface area contributed by atoms with Crippen LogP contribution in [-0.4, -0.2) is 16.9 Å². The lowest BCUT2D eigenvalue weighted by Gasteiger charge is -2.13. The number of rotatable bonds is 4. The number of aliphatic imine (C=N–C) groups is 1. The normalized spacial score (nSPS) is 11.2. The van der Waals surface area contributed by atoms with Gasteiger partial charge in [0, 0.05) is 17.4 Å². The molecule has 7 heteroatoms. The second-order valence-electron chi connectivity index (χ2n) is 6.49. The van der Waals surface area contributed by atoms with Gasteiger partial charge >= 0.3 is 0 Å². The number of halogens is 2. The lowest BCUT2D eigenvalue weighted by Crippen LogP contribution is -2.36. The largest absolute Gasteiger partial charge is 0.326 e. The standard InChI is InChI=1S/C22H20ClFN4O/c1-14-6-7-16(11-15(14)2)21(29)28-22(26-13-18-5-3-4-10-25-18)27-17-8-9-20(24)19(23)12-17/h3-12H,13H2,1-2H3,(H2,26,27,28,29). The minimum absolute atomic E-state index is 0.0282. The van der Waals surface area contributed by atoms with E-state index in [0.717, 1.165) is 16.8 Å². The number of aromatic nitrogens is 1. The summed E-state index contributed by atoms with van der Waals surface area (Å²) in [6.07, 6.45) is 1.67. The van der Waals surface area contributed by atoms with Crippen molar-refractivity contribution < 1.29 is 9.18 Å². The predicted octanol–water partition coefficient (Wildman–Crippen LogP) is 4.89. The van der Waals surface area contributed by atoms with Crippen molar-refractivity contribution in [2.45, 2.75) is 20.4 Å². The zero-order valence-corrected chi connectivity index (χ0v) is 16.8. The number of nitrogens with one attached hydrogen (secondary N) is 2. The Bertz CT molecular complexity index is 1050. The molecule has 1 aromatic heterocycles. The van der Waals surface area contributed by atoms with E-state index >= 15 is 0 Å². The first-order valence-corrected chi connectivity index (χ1v) is 9.35. The maximum absolute atomic E-state index is 13.4. The summed E-state index contributed by atoms with van der Waals surface area (Å²) in [6.45, 7) is 4.18. The van der Waals surface area contributed by atoms with Gasteiger partial charge in [0.15, 0.2) is 0 Å². The van der Waals surface area contributed by atoms with Crippen LogP contribution in [0.5, 0.6) is 0 Å². The van der Waals surface area contributed by atoms with Gasteiger partial charge in [0.05, 0.1) is 17.3 Å². The molecule has 0 atom stereocenters. The SMILES string of the molecule is Cc1ccc(C(=O)NC(=NCc2ccccn2)Nc2ccc(F)c(Cl)c2)cc1C. The summed E-state index contributed by atoms with van der Waals surface area (Å²) in [5.41, 5.74) is 3.87. The van der Waals surface area contributed by atoms with Gasteiger partial charge in [-0.25, -0.2) is 9.38 Å². The third-order valence-corrected chi connectivity index (χ3v) is 4.60. The zero-order valence-electron chi connectivity index (χ0n) is 16.0. The molecule has 0 spiro atoms. The highest BCUT2D eigenvalue weighted by atomic mass is 35.5. The third-order valence-electron chi connectivity index (χ3n) is 4.31. The van der Waals surface area contributed by atoms with Gasteiger partial charge in [-0.05, 0) is 67.4 Å². The van der Waals surface area contributed by atoms with Gasteiger partial charge in [-0.15, -0.1) is 0 Å². The molecule has 3 aromatic rings. The molecule has 0 radical (unpaired) electrons. The molecule has 0 saturated carbocycles. The molecule has 0 aliphatic carbocycles. The Balaban J connectivity index is 1.83. The molecule has 1 heterocycles. The average molecular weight is 411 g/mol. The van der Waals surface area contributed by atoms with E-state index in [9.17, 15) is 9.18 Å². The minimum atomic E-state index is -0.525. The summed E-state index contributed by atoms with van der Waals surface area (Å²) in [4.78, 5) is 21.4. The highest BCUT2D eigenvalue weighted by Gasteiger charge is 2.11. The molecule has 2 N–H and O–H groups in total. The van der Waals surface area contributed by atoms with Crippen LogP contribution in [0, 0.1) is 19.7 Å². The molecule has 1 amide bonds. The third kappa shape index (κ3) is 5.62. The Morgan fingerprint density at radius 2 is 1.93 bits per heavy atom. The number of hydrogen-bond donors (Lipinski definition) is 2. The average Bonchev–Trinajstić information content (AvgIpc) is 2.71. The Morgan fingerprint density at radius 1 is 1.10 bits per heavy atom. The van der Waals surface area contributed by atoms with E-state index in [1.165, 1.54) is 18.2 Å². The van der Waals surface area contributed by atoms with Crippen LogP contribution in [0.3, 0.4) is 0 Å². The summed E-state index contributed by atoms with van der Waals surface area (Å²) in [6, 6.07) is 15.1. The molecule has 0 saturated heterocycles. The van der Waals surface area contributed by atoms with Crippen LogP contribution >= 0.6 is 11.6 Å². The van der Waals surface area contributed by atoms with Gasteiger partial charge in [-0.2, -0.15) is 0 Å². The quantitative estimate of drug-likeness (QED) is 0.475. The maximum Gasteiger partial charge on any atom is 0.257 e. The molecule has 0 aliphatic heterocycles. The van der Waals surface area contributed by atoms with Gasteiger partial charge in [0.2, 0.25) is 5.96 Å². The second-order valence-corrected chi connectivity index (χ2v) is 6.90. The van der Waals surface area contributed by atoms with Crippen LogP contribution in [0.15, 0.2) is 65.8 Å². The number of nitrogens with zero attached hydrogens (tertiary/aromatic N) is 2. The van der Waals surface area contributed by atoms with Crippen molar-refractivity contribution in [2.24, 2.45) is 4.99 Å². The predicted molar refractivity (Wildman–Crippen MR) is 114 cm³/mol. The molecule has 3 rings (SSSR count). The van der Waals surface area contributed by atoms with Crippen molar-refractivity contribution in [3.8, 4) is 0 Å². The molecule has 0 bridgehead atoms. The number of amides is 1. The molecule has 29 heavy (non-hydrogen) atoms. The molecular weight excluding hydrogens is 391 g/mol. The van der Waals surface area contributed by atoms with Crippen LogP contribution in [-0.2, 0) is 6.54 Å². The number of carbonyl (C=O) groups excluding carboxylic acids is 1. The molecule has 0 unspecified atom stereocenters. The minimum Gasteiger partial charge on any atom is -0.326 e.